The number of carbonyl (C=O) groups is 4. The smallest absolute Gasteiger partial charge is 0.248 e. The van der Waals surface area contributed by atoms with Crippen molar-refractivity contribution in [2.24, 2.45) is 0 Å². The van der Waals surface area contributed by atoms with Gasteiger partial charge in [0.1, 0.15) is 11.5 Å². The van der Waals surface area contributed by atoms with Gasteiger partial charge in [0.05, 0.1) is 35.4 Å². The second kappa shape index (κ2) is 34.1. The minimum atomic E-state index is -2.24. The maximum atomic E-state index is 13.1. The molecule has 0 radical (unpaired) electrons. The maximum Gasteiger partial charge on any atom is 0.248 e. The largest absolute Gasteiger partial charge is 0.506 e. The highest BCUT2D eigenvalue weighted by Crippen LogP contribution is 2.43. The lowest BCUT2D eigenvalue weighted by Gasteiger charge is -2.39. The van der Waals surface area contributed by atoms with Crippen LogP contribution in [0.15, 0.2) is 107 Å². The van der Waals surface area contributed by atoms with E-state index in [0.717, 1.165) is 84.9 Å². The van der Waals surface area contributed by atoms with E-state index in [2.05, 4.69) is 109 Å². The highest BCUT2D eigenvalue weighted by molar-refractivity contribution is 6.74. The van der Waals surface area contributed by atoms with Crippen LogP contribution in [0.5, 0.6) is 11.5 Å². The van der Waals surface area contributed by atoms with Crippen molar-refractivity contribution in [1.82, 2.24) is 40.2 Å². The number of fused-ring (bicyclic) bond motifs is 2. The Bertz CT molecular complexity index is 3480. The van der Waals surface area contributed by atoms with Crippen LogP contribution in [-0.2, 0) is 45.9 Å². The van der Waals surface area contributed by atoms with Crippen LogP contribution in [0.25, 0.3) is 21.8 Å². The predicted octanol–water partition coefficient (Wildman–Crippen LogP) is 11.3. The summed E-state index contributed by atoms with van der Waals surface area (Å²) in [6, 6.07) is 28.8. The van der Waals surface area contributed by atoms with Crippen molar-refractivity contribution in [3.05, 3.63) is 140 Å². The summed E-state index contributed by atoms with van der Waals surface area (Å²) >= 11 is 0. The van der Waals surface area contributed by atoms with Gasteiger partial charge in [-0.3, -0.25) is 28.8 Å². The van der Waals surface area contributed by atoms with E-state index in [1.165, 1.54) is 12.1 Å². The molecule has 4 heterocycles. The minimum absolute atomic E-state index is 0.0104. The third-order valence-electron chi connectivity index (χ3n) is 20.2. The molecule has 4 aromatic carbocycles. The van der Waals surface area contributed by atoms with Gasteiger partial charge in [-0.05, 0) is 146 Å². The van der Waals surface area contributed by atoms with E-state index < -0.39 is 16.6 Å². The molecule has 2 aromatic heterocycles. The van der Waals surface area contributed by atoms with Gasteiger partial charge in [0.2, 0.25) is 34.7 Å². The SMILES string of the molecule is CN(CCCC(=O)Nc1ccc(CNC[C@H](O[Si](C)(C)C(C)(C)C)c2ccc(O)c3[nH]c(=O)ccc23)cc1)C(=O)CCN1CCC(OC2CCN(CCC(=O)N(C)CCCC(=O)Nc3ccc(CNC[C@H](O[Si](C)(C)C(C)(C)C)c4ccc(O)c5[nH]c(=O)ccc45)cc3)CC2)CC1. The molecule has 2 atom stereocenters. The van der Waals surface area contributed by atoms with E-state index in [1.54, 1.807) is 48.2 Å². The number of benzene rings is 4. The molecule has 4 amide bonds. The number of amides is 4. The molecular weight excluding hydrogens is 1260 g/mol. The van der Waals surface area contributed by atoms with E-state index in [9.17, 15) is 39.0 Å². The van der Waals surface area contributed by atoms with Crippen LogP contribution in [0.4, 0.5) is 11.4 Å². The third kappa shape index (κ3) is 22.0. The summed E-state index contributed by atoms with van der Waals surface area (Å²) in [6.07, 6.45) is 5.97. The average molecular weight is 1370 g/mol. The molecule has 2 aliphatic heterocycles. The fourth-order valence-corrected chi connectivity index (χ4v) is 14.6. The molecule has 2 saturated heterocycles. The number of aromatic amines is 2. The Morgan fingerprint density at radius 2 is 0.897 bits per heavy atom. The Morgan fingerprint density at radius 3 is 1.25 bits per heavy atom. The van der Waals surface area contributed by atoms with E-state index in [-0.39, 0.29) is 80.7 Å². The molecule has 0 bridgehead atoms. The standard InChI is InChI=1S/C74H108N10O11Si2/c1-73(2,3)96(9,10)94-63(57-25-29-61(85)71-59(57)27-31-67(89)79-71)49-75-47-51-17-21-53(22-18-51)77-65(87)15-13-39-81(7)69(91)37-45-83-41-33-55(34-42-83)93-56-35-43-84(44-36-56)46-38-70(92)82(8)40-14-16-66(88)78-54-23-19-52(20-24-54)48-76-50-64(95-97(11,12)74(4,5)6)58-26-30-62(86)72-60(58)28-32-68(90)80-72/h17-32,55-56,63-64,75-76,85-86H,13-16,33-50H2,1-12H3,(H,77,87)(H,78,88)(H,79,89)(H,80,90)/t63-,64-/m0/s1. The first kappa shape index (κ1) is 75.7. The number of rotatable bonds is 32. The summed E-state index contributed by atoms with van der Waals surface area (Å²) in [5.41, 5.74) is 5.45. The lowest BCUT2D eigenvalue weighted by molar-refractivity contribution is -0.131. The molecule has 21 nitrogen and oxygen atoms in total. The zero-order chi connectivity index (χ0) is 70.2. The number of H-pyrrole nitrogens is 2. The Labute approximate surface area is 575 Å². The number of hydrogen-bond acceptors (Lipinski definition) is 15. The number of phenols is 2. The Morgan fingerprint density at radius 1 is 0.536 bits per heavy atom. The number of likely N-dealkylation sites (tertiary alicyclic amines) is 2. The molecule has 23 heteroatoms. The molecule has 8 rings (SSSR count). The molecule has 97 heavy (non-hydrogen) atoms. The van der Waals surface area contributed by atoms with E-state index in [0.29, 0.717) is 113 Å². The van der Waals surface area contributed by atoms with Crippen LogP contribution in [0.3, 0.4) is 0 Å². The fourth-order valence-electron chi connectivity index (χ4n) is 12.0. The van der Waals surface area contributed by atoms with Gasteiger partial charge in [0, 0.05) is 153 Å². The highest BCUT2D eigenvalue weighted by atomic mass is 28.4. The van der Waals surface area contributed by atoms with Gasteiger partial charge in [0.25, 0.3) is 0 Å². The van der Waals surface area contributed by atoms with Crippen molar-refractivity contribution in [3.63, 3.8) is 0 Å². The number of carbonyl (C=O) groups excluding carboxylic acids is 4. The van der Waals surface area contributed by atoms with Crippen LogP contribution in [0.1, 0.15) is 140 Å². The topological polar surface area (TPSA) is 263 Å². The van der Waals surface area contributed by atoms with Gasteiger partial charge in [0.15, 0.2) is 16.6 Å². The normalized spacial score (nSPS) is 15.5. The summed E-state index contributed by atoms with van der Waals surface area (Å²) < 4.78 is 20.5. The predicted molar refractivity (Wildman–Crippen MR) is 391 cm³/mol. The van der Waals surface area contributed by atoms with Gasteiger partial charge < -0.3 is 74.6 Å². The van der Waals surface area contributed by atoms with E-state index >= 15 is 0 Å². The molecule has 8 N–H and O–H groups in total. The Hall–Kier alpha value is -7.07. The van der Waals surface area contributed by atoms with Crippen molar-refractivity contribution in [3.8, 4) is 11.5 Å². The lowest BCUT2D eigenvalue weighted by Crippen LogP contribution is -2.43. The van der Waals surface area contributed by atoms with Gasteiger partial charge in [-0.15, -0.1) is 0 Å². The number of nitrogens with one attached hydrogen (secondary N) is 6. The molecule has 2 fully saturated rings. The number of hydrogen-bond donors (Lipinski definition) is 8. The molecule has 0 unspecified atom stereocenters. The van der Waals surface area contributed by atoms with Crippen LogP contribution in [0, 0.1) is 0 Å². The fraction of sp³-hybridized carbons (Fsp3) is 0.541. The number of phenolic OH excluding ortho intramolecular Hbond substituents is 2. The third-order valence-corrected chi connectivity index (χ3v) is 29.1. The van der Waals surface area contributed by atoms with Gasteiger partial charge >= 0.3 is 0 Å². The zero-order valence-electron chi connectivity index (χ0n) is 59.5. The van der Waals surface area contributed by atoms with Crippen molar-refractivity contribution in [2.75, 3.05) is 90.2 Å². The molecule has 6 aromatic rings. The zero-order valence-corrected chi connectivity index (χ0v) is 61.5. The van der Waals surface area contributed by atoms with Crippen LogP contribution >= 0.6 is 0 Å². The average Bonchev–Trinajstić information content (AvgIpc) is 0.792. The highest BCUT2D eigenvalue weighted by Gasteiger charge is 2.41. The summed E-state index contributed by atoms with van der Waals surface area (Å²) in [5, 5.41) is 35.6. The number of nitrogens with zero attached hydrogens (tertiary/aromatic N) is 4. The van der Waals surface area contributed by atoms with E-state index in [1.807, 2.05) is 60.7 Å². The number of pyridine rings is 2. The maximum absolute atomic E-state index is 13.1. The summed E-state index contributed by atoms with van der Waals surface area (Å²) in [4.78, 5) is 90.2. The molecule has 528 valence electrons. The van der Waals surface area contributed by atoms with Crippen LogP contribution < -0.4 is 32.4 Å². The van der Waals surface area contributed by atoms with Crippen molar-refractivity contribution in [1.29, 1.82) is 0 Å². The van der Waals surface area contributed by atoms with E-state index in [4.69, 9.17) is 13.6 Å². The second-order valence-corrected chi connectivity index (χ2v) is 39.1. The monoisotopic (exact) mass is 1370 g/mol. The van der Waals surface area contributed by atoms with Gasteiger partial charge in [-0.1, -0.05) is 77.9 Å². The molecule has 2 aliphatic rings. The first-order valence-corrected chi connectivity index (χ1v) is 40.6. The second-order valence-electron chi connectivity index (χ2n) is 29.6. The molecule has 0 saturated carbocycles. The quantitative estimate of drug-likeness (QED) is 0.0183. The summed E-state index contributed by atoms with van der Waals surface area (Å²) in [7, 11) is -0.861. The Balaban J connectivity index is 0.644. The van der Waals surface area contributed by atoms with Gasteiger partial charge in [-0.2, -0.15) is 0 Å². The van der Waals surface area contributed by atoms with Crippen LogP contribution in [-0.4, -0.2) is 172 Å². The molecule has 0 aliphatic carbocycles. The van der Waals surface area contributed by atoms with Crippen LogP contribution in [0.2, 0.25) is 36.3 Å². The number of piperidine rings is 2. The summed E-state index contributed by atoms with van der Waals surface area (Å²) in [6.45, 7) is 30.0. The van der Waals surface area contributed by atoms with Crippen molar-refractivity contribution in [2.45, 2.75) is 180 Å². The number of anilines is 2. The first-order valence-electron chi connectivity index (χ1n) is 34.7. The van der Waals surface area contributed by atoms with Crippen molar-refractivity contribution < 1.29 is 43.0 Å². The molecular formula is C74H108N10O11Si2. The lowest BCUT2D eigenvalue weighted by atomic mass is 10.0. The Kier molecular flexibility index (Phi) is 26.6. The summed E-state index contributed by atoms with van der Waals surface area (Å²) in [5.74, 6) is -0.0515. The number of aromatic hydroxyl groups is 2. The molecule has 0 spiro atoms. The number of ether oxygens (including phenoxy) is 1. The first-order chi connectivity index (χ1) is 45.9. The van der Waals surface area contributed by atoms with Crippen molar-refractivity contribution >= 4 is 73.4 Å². The minimum Gasteiger partial charge on any atom is -0.506 e. The number of aromatic nitrogens is 2. The van der Waals surface area contributed by atoms with Gasteiger partial charge in [-0.25, -0.2) is 0 Å².